The number of benzene rings is 3. The minimum atomic E-state index is -0.156. The van der Waals surface area contributed by atoms with Crippen molar-refractivity contribution in [3.8, 4) is 34.3 Å². The molecule has 1 aliphatic heterocycles. The average molecular weight is 552 g/mol. The number of methoxy groups -OCH3 is 1. The van der Waals surface area contributed by atoms with Gasteiger partial charge in [0, 0.05) is 35.8 Å². The van der Waals surface area contributed by atoms with Crippen molar-refractivity contribution in [2.24, 2.45) is 0 Å². The molecule has 0 saturated heterocycles. The molecule has 0 spiro atoms. The Balaban J connectivity index is 1.24. The predicted molar refractivity (Wildman–Crippen MR) is 151 cm³/mol. The second-order valence-corrected chi connectivity index (χ2v) is 9.81. The molecule has 0 radical (unpaired) electrons. The number of pyridine rings is 1. The Bertz CT molecular complexity index is 1660. The molecule has 2 aromatic heterocycles. The Morgan fingerprint density at radius 1 is 1.00 bits per heavy atom. The van der Waals surface area contributed by atoms with Crippen molar-refractivity contribution in [1.29, 1.82) is 0 Å². The Morgan fingerprint density at radius 3 is 2.73 bits per heavy atom. The molecule has 0 fully saturated rings. The molecule has 1 aliphatic rings. The molecule has 0 atom stereocenters. The van der Waals surface area contributed by atoms with Gasteiger partial charge < -0.3 is 19.5 Å². The number of para-hydroxylation sites is 2. The molecule has 3 aromatic carbocycles. The van der Waals surface area contributed by atoms with E-state index in [-0.39, 0.29) is 12.7 Å². The van der Waals surface area contributed by atoms with E-state index in [2.05, 4.69) is 20.5 Å². The van der Waals surface area contributed by atoms with Crippen molar-refractivity contribution in [1.82, 2.24) is 25.1 Å². The number of nitrogens with zero attached hydrogens (tertiary/aromatic N) is 4. The highest BCUT2D eigenvalue weighted by molar-refractivity contribution is 7.98. The Hall–Kier alpha value is -4.83. The van der Waals surface area contributed by atoms with Gasteiger partial charge in [0.1, 0.15) is 5.75 Å². The van der Waals surface area contributed by atoms with Gasteiger partial charge >= 0.3 is 0 Å². The van der Waals surface area contributed by atoms with Crippen molar-refractivity contribution in [3.05, 3.63) is 108 Å². The first-order valence-corrected chi connectivity index (χ1v) is 13.6. The normalized spacial score (nSPS) is 11.8. The zero-order chi connectivity index (χ0) is 27.3. The van der Waals surface area contributed by atoms with Crippen LogP contribution in [0.1, 0.15) is 21.5 Å². The van der Waals surface area contributed by atoms with Gasteiger partial charge in [0.15, 0.2) is 22.5 Å². The van der Waals surface area contributed by atoms with Crippen LogP contribution >= 0.6 is 11.8 Å². The number of hydrogen-bond donors (Lipinski definition) is 1. The fraction of sp³-hybridized carbons (Fsp3) is 0.133. The Morgan fingerprint density at radius 2 is 1.85 bits per heavy atom. The lowest BCUT2D eigenvalue weighted by molar-refractivity contribution is 0.0950. The summed E-state index contributed by atoms with van der Waals surface area (Å²) in [5, 5.41) is 12.7. The fourth-order valence-electron chi connectivity index (χ4n) is 4.42. The van der Waals surface area contributed by atoms with E-state index in [1.54, 1.807) is 19.5 Å². The van der Waals surface area contributed by atoms with Crippen LogP contribution in [-0.2, 0) is 12.3 Å². The number of carbonyl (C=O) groups is 1. The van der Waals surface area contributed by atoms with E-state index in [4.69, 9.17) is 14.2 Å². The highest BCUT2D eigenvalue weighted by Gasteiger charge is 2.20. The van der Waals surface area contributed by atoms with Gasteiger partial charge in [-0.25, -0.2) is 0 Å². The van der Waals surface area contributed by atoms with E-state index in [0.29, 0.717) is 46.1 Å². The third-order valence-electron chi connectivity index (χ3n) is 6.39. The summed E-state index contributed by atoms with van der Waals surface area (Å²) in [5.74, 6) is 3.09. The maximum Gasteiger partial charge on any atom is 0.251 e. The van der Waals surface area contributed by atoms with Gasteiger partial charge in [-0.2, -0.15) is 0 Å². The minimum Gasteiger partial charge on any atom is -0.495 e. The van der Waals surface area contributed by atoms with Crippen LogP contribution in [0.25, 0.3) is 17.1 Å². The largest absolute Gasteiger partial charge is 0.495 e. The van der Waals surface area contributed by atoms with Crippen LogP contribution in [0.3, 0.4) is 0 Å². The number of amides is 1. The Labute approximate surface area is 235 Å². The average Bonchev–Trinajstić information content (AvgIpc) is 3.66. The summed E-state index contributed by atoms with van der Waals surface area (Å²) in [6, 6.07) is 24.8. The standard InChI is InChI=1S/C30H25N5O4S/c1-37-25-11-5-4-10-24(25)35-28(21-8-6-14-31-17-21)33-34-30(35)40-18-22-7-2-3-9-23(22)29(36)32-16-20-12-13-26-27(15-20)39-19-38-26/h2-15,17H,16,18-19H2,1H3,(H,32,36). The summed E-state index contributed by atoms with van der Waals surface area (Å²) < 4.78 is 18.4. The van der Waals surface area contributed by atoms with Gasteiger partial charge in [0.05, 0.1) is 12.8 Å². The van der Waals surface area contributed by atoms with Gasteiger partial charge in [0.25, 0.3) is 5.91 Å². The van der Waals surface area contributed by atoms with Gasteiger partial charge in [-0.3, -0.25) is 14.3 Å². The van der Waals surface area contributed by atoms with Gasteiger partial charge in [0.2, 0.25) is 6.79 Å². The minimum absolute atomic E-state index is 0.156. The monoisotopic (exact) mass is 551 g/mol. The van der Waals surface area contributed by atoms with E-state index >= 15 is 0 Å². The summed E-state index contributed by atoms with van der Waals surface area (Å²) in [5.41, 5.74) is 4.05. The maximum atomic E-state index is 13.2. The molecule has 3 heterocycles. The van der Waals surface area contributed by atoms with E-state index in [9.17, 15) is 4.79 Å². The lowest BCUT2D eigenvalue weighted by Crippen LogP contribution is -2.23. The van der Waals surface area contributed by atoms with E-state index < -0.39 is 0 Å². The van der Waals surface area contributed by atoms with Gasteiger partial charge in [-0.1, -0.05) is 48.2 Å². The topological polar surface area (TPSA) is 100 Å². The second-order valence-electron chi connectivity index (χ2n) is 8.87. The lowest BCUT2D eigenvalue weighted by Gasteiger charge is -2.14. The predicted octanol–water partition coefficient (Wildman–Crippen LogP) is 5.29. The molecule has 0 aliphatic carbocycles. The number of ether oxygens (including phenoxy) is 3. The van der Waals surface area contributed by atoms with Gasteiger partial charge in [-0.05, 0) is 53.6 Å². The van der Waals surface area contributed by atoms with Crippen molar-refractivity contribution >= 4 is 17.7 Å². The molecular weight excluding hydrogens is 526 g/mol. The van der Waals surface area contributed by atoms with Crippen LogP contribution in [0.4, 0.5) is 0 Å². The molecule has 40 heavy (non-hydrogen) atoms. The summed E-state index contributed by atoms with van der Waals surface area (Å²) in [6.07, 6.45) is 3.47. The molecular formula is C30H25N5O4S. The fourth-order valence-corrected chi connectivity index (χ4v) is 5.36. The number of thioether (sulfide) groups is 1. The van der Waals surface area contributed by atoms with Crippen molar-refractivity contribution in [2.45, 2.75) is 17.5 Å². The van der Waals surface area contributed by atoms with Crippen molar-refractivity contribution in [2.75, 3.05) is 13.9 Å². The van der Waals surface area contributed by atoms with Crippen LogP contribution in [-0.4, -0.2) is 39.6 Å². The number of carbonyl (C=O) groups excluding carboxylic acids is 1. The zero-order valence-electron chi connectivity index (χ0n) is 21.6. The third kappa shape index (κ3) is 5.21. The van der Waals surface area contributed by atoms with Crippen LogP contribution in [0.5, 0.6) is 17.2 Å². The number of rotatable bonds is 9. The molecule has 0 bridgehead atoms. The van der Waals surface area contributed by atoms with Crippen LogP contribution in [0.2, 0.25) is 0 Å². The van der Waals surface area contributed by atoms with Crippen LogP contribution < -0.4 is 19.5 Å². The van der Waals surface area contributed by atoms with Crippen molar-refractivity contribution < 1.29 is 19.0 Å². The van der Waals surface area contributed by atoms with Gasteiger partial charge in [-0.15, -0.1) is 10.2 Å². The van der Waals surface area contributed by atoms with E-state index in [0.717, 1.165) is 22.4 Å². The second kappa shape index (κ2) is 11.5. The smallest absolute Gasteiger partial charge is 0.251 e. The summed E-state index contributed by atoms with van der Waals surface area (Å²) >= 11 is 1.49. The number of nitrogens with one attached hydrogen (secondary N) is 1. The maximum absolute atomic E-state index is 13.2. The summed E-state index contributed by atoms with van der Waals surface area (Å²) in [7, 11) is 1.64. The Kier molecular flexibility index (Phi) is 7.32. The molecule has 9 nitrogen and oxygen atoms in total. The quantitative estimate of drug-likeness (QED) is 0.247. The first-order valence-electron chi connectivity index (χ1n) is 12.6. The zero-order valence-corrected chi connectivity index (χ0v) is 22.4. The van der Waals surface area contributed by atoms with E-state index in [1.165, 1.54) is 11.8 Å². The first kappa shape index (κ1) is 25.4. The summed E-state index contributed by atoms with van der Waals surface area (Å²) in [4.78, 5) is 17.5. The number of aromatic nitrogens is 4. The molecule has 1 amide bonds. The molecule has 0 unspecified atom stereocenters. The van der Waals surface area contributed by atoms with Crippen LogP contribution in [0.15, 0.2) is 96.4 Å². The highest BCUT2D eigenvalue weighted by atomic mass is 32.2. The van der Waals surface area contributed by atoms with E-state index in [1.807, 2.05) is 83.4 Å². The number of hydrogen-bond acceptors (Lipinski definition) is 8. The molecule has 1 N–H and O–H groups in total. The molecule has 5 aromatic rings. The SMILES string of the molecule is COc1ccccc1-n1c(SCc2ccccc2C(=O)NCc2ccc3c(c2)OCO3)nnc1-c1cccnc1. The van der Waals surface area contributed by atoms with Crippen LogP contribution in [0, 0.1) is 0 Å². The first-order chi connectivity index (χ1) is 19.7. The molecule has 6 rings (SSSR count). The molecule has 10 heteroatoms. The van der Waals surface area contributed by atoms with Crippen molar-refractivity contribution in [3.63, 3.8) is 0 Å². The molecule has 0 saturated carbocycles. The molecule has 200 valence electrons. The number of fused-ring (bicyclic) bond motifs is 1. The third-order valence-corrected chi connectivity index (χ3v) is 7.37. The summed E-state index contributed by atoms with van der Waals surface area (Å²) in [6.45, 7) is 0.582. The highest BCUT2D eigenvalue weighted by Crippen LogP contribution is 2.34. The lowest BCUT2D eigenvalue weighted by atomic mass is 10.1.